The molecule has 0 saturated carbocycles. The van der Waals surface area contributed by atoms with E-state index in [2.05, 4.69) is 10.2 Å². The molecule has 0 spiro atoms. The smallest absolute Gasteiger partial charge is 0.236 e. The van der Waals surface area contributed by atoms with Gasteiger partial charge in [-0.25, -0.2) is 0 Å². The second-order valence-corrected chi connectivity index (χ2v) is 5.30. The van der Waals surface area contributed by atoms with E-state index in [-0.39, 0.29) is 18.3 Å². The van der Waals surface area contributed by atoms with Crippen LogP contribution in [0.2, 0.25) is 0 Å². The van der Waals surface area contributed by atoms with E-state index in [1.54, 1.807) is 4.90 Å². The Balaban J connectivity index is 0.00000200. The van der Waals surface area contributed by atoms with Crippen molar-refractivity contribution in [1.82, 2.24) is 15.1 Å². The van der Waals surface area contributed by atoms with Crippen LogP contribution in [0.1, 0.15) is 12.0 Å². The van der Waals surface area contributed by atoms with E-state index in [0.717, 1.165) is 19.5 Å². The van der Waals surface area contributed by atoms with Gasteiger partial charge in [-0.2, -0.15) is 0 Å². The summed E-state index contributed by atoms with van der Waals surface area (Å²) in [5.41, 5.74) is 1.17. The molecule has 1 amide bonds. The van der Waals surface area contributed by atoms with Crippen molar-refractivity contribution in [2.75, 3.05) is 33.7 Å². The Morgan fingerprint density at radius 2 is 2.00 bits per heavy atom. The molecular weight excluding hydrogens is 274 g/mol. The lowest BCUT2D eigenvalue weighted by Crippen LogP contribution is -2.42. The highest BCUT2D eigenvalue weighted by molar-refractivity contribution is 5.85. The highest BCUT2D eigenvalue weighted by atomic mass is 35.5. The topological polar surface area (TPSA) is 35.6 Å². The van der Waals surface area contributed by atoms with Crippen LogP contribution in [-0.2, 0) is 11.3 Å². The summed E-state index contributed by atoms with van der Waals surface area (Å²) in [6.45, 7) is 3.22. The Morgan fingerprint density at radius 1 is 1.30 bits per heavy atom. The van der Waals surface area contributed by atoms with Crippen molar-refractivity contribution in [3.63, 3.8) is 0 Å². The fraction of sp³-hybridized carbons (Fsp3) is 0.533. The van der Waals surface area contributed by atoms with Crippen LogP contribution in [0.3, 0.4) is 0 Å². The third kappa shape index (κ3) is 4.78. The minimum absolute atomic E-state index is 0. The molecule has 1 aliphatic rings. The van der Waals surface area contributed by atoms with Crippen LogP contribution in [0.15, 0.2) is 30.3 Å². The predicted molar refractivity (Wildman–Crippen MR) is 84.1 cm³/mol. The van der Waals surface area contributed by atoms with Gasteiger partial charge in [-0.1, -0.05) is 30.3 Å². The SMILES string of the molecule is CN(Cc1ccccc1)C(=O)CN(C)C1CCNC1.Cl. The number of carbonyl (C=O) groups excluding carboxylic acids is 1. The Kier molecular flexibility index (Phi) is 6.99. The number of carbonyl (C=O) groups is 1. The maximum absolute atomic E-state index is 12.2. The van der Waals surface area contributed by atoms with E-state index in [9.17, 15) is 4.79 Å². The van der Waals surface area contributed by atoms with Gasteiger partial charge in [-0.3, -0.25) is 9.69 Å². The number of amides is 1. The Labute approximate surface area is 127 Å². The standard InChI is InChI=1S/C15H23N3O.ClH/c1-17(14-8-9-16-10-14)12-15(19)18(2)11-13-6-4-3-5-7-13;/h3-7,14,16H,8-12H2,1-2H3;1H. The molecule has 1 atom stereocenters. The van der Waals surface area contributed by atoms with Gasteiger partial charge in [-0.05, 0) is 25.6 Å². The van der Waals surface area contributed by atoms with Crippen LogP contribution < -0.4 is 5.32 Å². The number of nitrogens with zero attached hydrogens (tertiary/aromatic N) is 2. The van der Waals surface area contributed by atoms with Crippen LogP contribution in [0.5, 0.6) is 0 Å². The Hall–Kier alpha value is -1.10. The van der Waals surface area contributed by atoms with Gasteiger partial charge in [0.15, 0.2) is 0 Å². The average Bonchev–Trinajstić information content (AvgIpc) is 2.93. The zero-order valence-corrected chi connectivity index (χ0v) is 13.0. The molecule has 1 fully saturated rings. The van der Waals surface area contributed by atoms with Crippen LogP contribution in [0.25, 0.3) is 0 Å². The van der Waals surface area contributed by atoms with Gasteiger partial charge in [0.25, 0.3) is 0 Å². The highest BCUT2D eigenvalue weighted by Crippen LogP contribution is 2.07. The molecule has 0 aliphatic carbocycles. The lowest BCUT2D eigenvalue weighted by atomic mass is 10.2. The molecule has 20 heavy (non-hydrogen) atoms. The molecule has 1 unspecified atom stereocenters. The quantitative estimate of drug-likeness (QED) is 0.891. The van der Waals surface area contributed by atoms with E-state index in [4.69, 9.17) is 0 Å². The molecule has 0 aromatic heterocycles. The lowest BCUT2D eigenvalue weighted by Gasteiger charge is -2.26. The molecule has 5 heteroatoms. The maximum atomic E-state index is 12.2. The summed E-state index contributed by atoms with van der Waals surface area (Å²) in [6, 6.07) is 10.6. The number of hydrogen-bond donors (Lipinski definition) is 1. The highest BCUT2D eigenvalue weighted by Gasteiger charge is 2.22. The molecule has 4 nitrogen and oxygen atoms in total. The summed E-state index contributed by atoms with van der Waals surface area (Å²) >= 11 is 0. The first kappa shape index (κ1) is 17.0. The van der Waals surface area contributed by atoms with Crippen LogP contribution in [0, 0.1) is 0 Å². The molecule has 1 saturated heterocycles. The molecule has 1 aliphatic heterocycles. The third-order valence-corrected chi connectivity index (χ3v) is 3.73. The van der Waals surface area contributed by atoms with E-state index < -0.39 is 0 Å². The summed E-state index contributed by atoms with van der Waals surface area (Å²) in [7, 11) is 3.90. The van der Waals surface area contributed by atoms with Crippen LogP contribution >= 0.6 is 12.4 Å². The molecule has 112 valence electrons. The first-order chi connectivity index (χ1) is 9.16. The summed E-state index contributed by atoms with van der Waals surface area (Å²) < 4.78 is 0. The summed E-state index contributed by atoms with van der Waals surface area (Å²) in [5, 5.41) is 3.33. The van der Waals surface area contributed by atoms with Gasteiger partial charge in [0.1, 0.15) is 0 Å². The molecule has 0 radical (unpaired) electrons. The molecule has 0 bridgehead atoms. The van der Waals surface area contributed by atoms with Gasteiger partial charge in [-0.15, -0.1) is 12.4 Å². The third-order valence-electron chi connectivity index (χ3n) is 3.73. The first-order valence-electron chi connectivity index (χ1n) is 6.85. The molecular formula is C15H24ClN3O. The first-order valence-corrected chi connectivity index (χ1v) is 6.85. The number of halogens is 1. The van der Waals surface area contributed by atoms with Crippen molar-refractivity contribution in [2.45, 2.75) is 19.0 Å². The normalized spacial score (nSPS) is 17.9. The number of rotatable bonds is 5. The second kappa shape index (κ2) is 8.25. The van der Waals surface area contributed by atoms with Crippen molar-refractivity contribution in [3.05, 3.63) is 35.9 Å². The van der Waals surface area contributed by atoms with Gasteiger partial charge >= 0.3 is 0 Å². The lowest BCUT2D eigenvalue weighted by molar-refractivity contribution is -0.131. The fourth-order valence-electron chi connectivity index (χ4n) is 2.42. The summed E-state index contributed by atoms with van der Waals surface area (Å²) in [4.78, 5) is 16.1. The zero-order chi connectivity index (χ0) is 13.7. The van der Waals surface area contributed by atoms with Crippen molar-refractivity contribution >= 4 is 18.3 Å². The maximum Gasteiger partial charge on any atom is 0.236 e. The van der Waals surface area contributed by atoms with Crippen LogP contribution in [0.4, 0.5) is 0 Å². The molecule has 2 rings (SSSR count). The Morgan fingerprint density at radius 3 is 2.60 bits per heavy atom. The number of hydrogen-bond acceptors (Lipinski definition) is 3. The number of likely N-dealkylation sites (N-methyl/N-ethyl adjacent to an activating group) is 2. The Bertz CT molecular complexity index is 407. The van der Waals surface area contributed by atoms with E-state index in [1.807, 2.05) is 44.4 Å². The van der Waals surface area contributed by atoms with Gasteiger partial charge in [0.05, 0.1) is 6.54 Å². The number of nitrogens with one attached hydrogen (secondary N) is 1. The van der Waals surface area contributed by atoms with Gasteiger partial charge in [0, 0.05) is 26.2 Å². The minimum Gasteiger partial charge on any atom is -0.340 e. The van der Waals surface area contributed by atoms with E-state index in [1.165, 1.54) is 5.56 Å². The van der Waals surface area contributed by atoms with Crippen molar-refractivity contribution in [1.29, 1.82) is 0 Å². The van der Waals surface area contributed by atoms with E-state index in [0.29, 0.717) is 19.1 Å². The molecule has 1 heterocycles. The van der Waals surface area contributed by atoms with Crippen molar-refractivity contribution in [3.8, 4) is 0 Å². The second-order valence-electron chi connectivity index (χ2n) is 5.30. The largest absolute Gasteiger partial charge is 0.340 e. The fourth-order valence-corrected chi connectivity index (χ4v) is 2.42. The van der Waals surface area contributed by atoms with Crippen LogP contribution in [-0.4, -0.2) is 55.5 Å². The molecule has 1 N–H and O–H groups in total. The van der Waals surface area contributed by atoms with E-state index >= 15 is 0 Å². The summed E-state index contributed by atoms with van der Waals surface area (Å²) in [5.74, 6) is 0.179. The zero-order valence-electron chi connectivity index (χ0n) is 12.2. The average molecular weight is 298 g/mol. The predicted octanol–water partition coefficient (Wildman–Crippen LogP) is 1.36. The summed E-state index contributed by atoms with van der Waals surface area (Å²) in [6.07, 6.45) is 1.13. The monoisotopic (exact) mass is 297 g/mol. The van der Waals surface area contributed by atoms with Gasteiger partial charge < -0.3 is 10.2 Å². The number of benzene rings is 1. The van der Waals surface area contributed by atoms with Crippen molar-refractivity contribution < 1.29 is 4.79 Å². The van der Waals surface area contributed by atoms with Gasteiger partial charge in [0.2, 0.25) is 5.91 Å². The molecule has 1 aromatic carbocycles. The van der Waals surface area contributed by atoms with Crippen molar-refractivity contribution in [2.24, 2.45) is 0 Å². The minimum atomic E-state index is 0. The molecule has 1 aromatic rings.